The average molecular weight is 309 g/mol. The van der Waals surface area contributed by atoms with E-state index >= 15 is 0 Å². The molecule has 0 saturated carbocycles. The van der Waals surface area contributed by atoms with E-state index in [9.17, 15) is 0 Å². The van der Waals surface area contributed by atoms with Gasteiger partial charge in [-0.2, -0.15) is 0 Å². The van der Waals surface area contributed by atoms with E-state index in [1.165, 1.54) is 0 Å². The van der Waals surface area contributed by atoms with Gasteiger partial charge in [-0.05, 0) is 23.6 Å². The minimum atomic E-state index is 0.468. The van der Waals surface area contributed by atoms with Crippen LogP contribution >= 0.6 is 15.9 Å². The molecule has 2 rings (SSSR count). The lowest BCUT2D eigenvalue weighted by Gasteiger charge is -2.07. The first-order chi connectivity index (χ1) is 8.61. The predicted octanol–water partition coefficient (Wildman–Crippen LogP) is 4.27. The van der Waals surface area contributed by atoms with Gasteiger partial charge in [0.15, 0.2) is 5.82 Å². The molecule has 96 valence electrons. The maximum absolute atomic E-state index is 5.91. The standard InChI is InChI=1S/C14H17BrN2O/c1-3-9(2)8-12-13(14(16)17-18-12)10-4-6-11(15)7-5-10/h4-7,9H,3,8H2,1-2H3,(H2,16,17). The Morgan fingerprint density at radius 2 is 2.00 bits per heavy atom. The Morgan fingerprint density at radius 1 is 1.33 bits per heavy atom. The highest BCUT2D eigenvalue weighted by Gasteiger charge is 2.17. The Morgan fingerprint density at radius 3 is 2.61 bits per heavy atom. The minimum Gasteiger partial charge on any atom is -0.380 e. The van der Waals surface area contributed by atoms with Crippen molar-refractivity contribution in [3.8, 4) is 11.1 Å². The van der Waals surface area contributed by atoms with Crippen LogP contribution in [0.3, 0.4) is 0 Å². The fourth-order valence-corrected chi connectivity index (χ4v) is 2.13. The molecule has 0 fully saturated rings. The topological polar surface area (TPSA) is 52.0 Å². The molecule has 2 aromatic rings. The predicted molar refractivity (Wildman–Crippen MR) is 77.2 cm³/mol. The second-order valence-corrected chi connectivity index (χ2v) is 5.51. The molecule has 1 aromatic carbocycles. The number of hydrogen-bond donors (Lipinski definition) is 1. The summed E-state index contributed by atoms with van der Waals surface area (Å²) in [6.45, 7) is 4.37. The van der Waals surface area contributed by atoms with Gasteiger partial charge in [-0.3, -0.25) is 0 Å². The van der Waals surface area contributed by atoms with E-state index in [0.29, 0.717) is 11.7 Å². The highest BCUT2D eigenvalue weighted by atomic mass is 79.9. The summed E-state index contributed by atoms with van der Waals surface area (Å²) in [5.41, 5.74) is 7.90. The number of nitrogens with zero attached hydrogens (tertiary/aromatic N) is 1. The van der Waals surface area contributed by atoms with E-state index in [1.807, 2.05) is 24.3 Å². The fourth-order valence-electron chi connectivity index (χ4n) is 1.86. The molecule has 18 heavy (non-hydrogen) atoms. The number of nitrogen functional groups attached to an aromatic ring is 1. The summed E-state index contributed by atoms with van der Waals surface area (Å²) < 4.78 is 6.41. The van der Waals surface area contributed by atoms with Crippen LogP contribution in [0.25, 0.3) is 11.1 Å². The number of nitrogens with two attached hydrogens (primary N) is 1. The zero-order chi connectivity index (χ0) is 13.1. The van der Waals surface area contributed by atoms with Gasteiger partial charge >= 0.3 is 0 Å². The lowest BCUT2D eigenvalue weighted by Crippen LogP contribution is -1.98. The van der Waals surface area contributed by atoms with Crippen LogP contribution in [0, 0.1) is 5.92 Å². The van der Waals surface area contributed by atoms with Crippen LogP contribution in [0.4, 0.5) is 5.82 Å². The van der Waals surface area contributed by atoms with E-state index < -0.39 is 0 Å². The minimum absolute atomic E-state index is 0.468. The molecule has 2 N–H and O–H groups in total. The molecule has 1 atom stereocenters. The molecule has 4 heteroatoms. The van der Waals surface area contributed by atoms with Crippen molar-refractivity contribution in [1.29, 1.82) is 0 Å². The van der Waals surface area contributed by atoms with E-state index in [1.54, 1.807) is 0 Å². The van der Waals surface area contributed by atoms with Crippen molar-refractivity contribution >= 4 is 21.7 Å². The number of halogens is 1. The molecule has 0 bridgehead atoms. The number of rotatable bonds is 4. The molecule has 0 aliphatic rings. The Labute approximate surface area is 115 Å². The van der Waals surface area contributed by atoms with Gasteiger partial charge in [-0.1, -0.05) is 53.5 Å². The van der Waals surface area contributed by atoms with Gasteiger partial charge in [0.25, 0.3) is 0 Å². The summed E-state index contributed by atoms with van der Waals surface area (Å²) in [5, 5.41) is 3.89. The largest absolute Gasteiger partial charge is 0.380 e. The molecule has 1 unspecified atom stereocenters. The zero-order valence-electron chi connectivity index (χ0n) is 10.6. The summed E-state index contributed by atoms with van der Waals surface area (Å²) in [5.74, 6) is 1.91. The van der Waals surface area contributed by atoms with Crippen molar-refractivity contribution in [3.63, 3.8) is 0 Å². The highest BCUT2D eigenvalue weighted by molar-refractivity contribution is 9.10. The quantitative estimate of drug-likeness (QED) is 0.917. The van der Waals surface area contributed by atoms with Gasteiger partial charge < -0.3 is 10.3 Å². The highest BCUT2D eigenvalue weighted by Crippen LogP contribution is 2.32. The molecule has 0 radical (unpaired) electrons. The maximum atomic E-state index is 5.91. The molecule has 0 aliphatic carbocycles. The van der Waals surface area contributed by atoms with Crippen molar-refractivity contribution in [2.24, 2.45) is 5.92 Å². The summed E-state index contributed by atoms with van der Waals surface area (Å²) >= 11 is 3.43. The van der Waals surface area contributed by atoms with Gasteiger partial charge in [-0.15, -0.1) is 0 Å². The molecule has 0 aliphatic heterocycles. The van der Waals surface area contributed by atoms with E-state index in [4.69, 9.17) is 10.3 Å². The second-order valence-electron chi connectivity index (χ2n) is 4.59. The van der Waals surface area contributed by atoms with Crippen molar-refractivity contribution < 1.29 is 4.52 Å². The van der Waals surface area contributed by atoms with Crippen LogP contribution in [0.15, 0.2) is 33.3 Å². The lowest BCUT2D eigenvalue weighted by molar-refractivity contribution is 0.364. The Kier molecular flexibility index (Phi) is 4.07. The van der Waals surface area contributed by atoms with E-state index in [0.717, 1.165) is 34.2 Å². The first-order valence-electron chi connectivity index (χ1n) is 6.11. The molecule has 1 heterocycles. The van der Waals surface area contributed by atoms with Crippen molar-refractivity contribution in [1.82, 2.24) is 5.16 Å². The third-order valence-electron chi connectivity index (χ3n) is 3.15. The van der Waals surface area contributed by atoms with Crippen molar-refractivity contribution in [2.75, 3.05) is 5.73 Å². The normalized spacial score (nSPS) is 12.6. The number of benzene rings is 1. The van der Waals surface area contributed by atoms with Crippen LogP contribution in [0.2, 0.25) is 0 Å². The van der Waals surface area contributed by atoms with Crippen LogP contribution in [-0.4, -0.2) is 5.16 Å². The monoisotopic (exact) mass is 308 g/mol. The smallest absolute Gasteiger partial charge is 0.175 e. The first-order valence-corrected chi connectivity index (χ1v) is 6.91. The summed E-state index contributed by atoms with van der Waals surface area (Å²) in [7, 11) is 0. The molecule has 3 nitrogen and oxygen atoms in total. The van der Waals surface area contributed by atoms with Gasteiger partial charge in [0.05, 0.1) is 5.56 Å². The number of aromatic nitrogens is 1. The molecular formula is C14H17BrN2O. The van der Waals surface area contributed by atoms with E-state index in [-0.39, 0.29) is 0 Å². The molecular weight excluding hydrogens is 292 g/mol. The number of hydrogen-bond acceptors (Lipinski definition) is 3. The fraction of sp³-hybridized carbons (Fsp3) is 0.357. The molecule has 0 saturated heterocycles. The van der Waals surface area contributed by atoms with E-state index in [2.05, 4.69) is 34.9 Å². The van der Waals surface area contributed by atoms with Crippen LogP contribution in [0.1, 0.15) is 26.0 Å². The van der Waals surface area contributed by atoms with Gasteiger partial charge in [0, 0.05) is 10.9 Å². The Bertz CT molecular complexity index is 519. The van der Waals surface area contributed by atoms with Crippen molar-refractivity contribution in [2.45, 2.75) is 26.7 Å². The van der Waals surface area contributed by atoms with Crippen LogP contribution < -0.4 is 5.73 Å². The van der Waals surface area contributed by atoms with Crippen LogP contribution in [0.5, 0.6) is 0 Å². The first kappa shape index (κ1) is 13.1. The Balaban J connectivity index is 2.37. The SMILES string of the molecule is CCC(C)Cc1onc(N)c1-c1ccc(Br)cc1. The molecule has 1 aromatic heterocycles. The summed E-state index contributed by atoms with van der Waals surface area (Å²) in [4.78, 5) is 0. The zero-order valence-corrected chi connectivity index (χ0v) is 12.2. The second kappa shape index (κ2) is 5.57. The van der Waals surface area contributed by atoms with Crippen molar-refractivity contribution in [3.05, 3.63) is 34.5 Å². The number of anilines is 1. The average Bonchev–Trinajstić information content (AvgIpc) is 2.72. The molecule has 0 spiro atoms. The molecule has 0 amide bonds. The van der Waals surface area contributed by atoms with Gasteiger partial charge in [-0.25, -0.2) is 0 Å². The summed E-state index contributed by atoms with van der Waals surface area (Å²) in [6.07, 6.45) is 1.98. The van der Waals surface area contributed by atoms with Gasteiger partial charge in [0.1, 0.15) is 5.76 Å². The summed E-state index contributed by atoms with van der Waals surface area (Å²) in [6, 6.07) is 8.03. The lowest BCUT2D eigenvalue weighted by atomic mass is 9.98. The van der Waals surface area contributed by atoms with Crippen LogP contribution in [-0.2, 0) is 6.42 Å². The van der Waals surface area contributed by atoms with Gasteiger partial charge in [0.2, 0.25) is 0 Å². The maximum Gasteiger partial charge on any atom is 0.175 e. The third-order valence-corrected chi connectivity index (χ3v) is 3.68. The Hall–Kier alpha value is -1.29. The third kappa shape index (κ3) is 2.75.